The van der Waals surface area contributed by atoms with Crippen molar-refractivity contribution in [1.82, 2.24) is 0 Å². The lowest BCUT2D eigenvalue weighted by Crippen LogP contribution is -2.47. The fourth-order valence-corrected chi connectivity index (χ4v) is 1.18. The summed E-state index contributed by atoms with van der Waals surface area (Å²) in [6, 6.07) is 0. The van der Waals surface area contributed by atoms with Gasteiger partial charge in [0.15, 0.2) is 0 Å². The van der Waals surface area contributed by atoms with Crippen LogP contribution in [0.25, 0.3) is 0 Å². The molecular weight excluding hydrogens is 152 g/mol. The Morgan fingerprint density at radius 1 is 1.55 bits per heavy atom. The summed E-state index contributed by atoms with van der Waals surface area (Å²) in [5.41, 5.74) is 3.02. The smallest absolute Gasteiger partial charge is 0.268 e. The molecule has 0 radical (unpaired) electrons. The third kappa shape index (κ3) is 0.964. The summed E-state index contributed by atoms with van der Waals surface area (Å²) >= 11 is 0. The van der Waals surface area contributed by atoms with E-state index in [1.165, 1.54) is 0 Å². The number of nitrogens with two attached hydrogens (primary N) is 1. The lowest BCUT2D eigenvalue weighted by Gasteiger charge is -2.29. The van der Waals surface area contributed by atoms with Gasteiger partial charge in [0.2, 0.25) is 0 Å². The average molecular weight is 165 g/mol. The number of hydrogen-bond acceptors (Lipinski definition) is 2. The minimum Gasteiger partial charge on any atom is -0.396 e. The first-order valence-electron chi connectivity index (χ1n) is 3.54. The zero-order valence-corrected chi connectivity index (χ0v) is 6.69. The molecule has 66 valence electrons. The predicted octanol–water partition coefficient (Wildman–Crippen LogP) is 0.741. The van der Waals surface area contributed by atoms with Crippen LogP contribution in [0.5, 0.6) is 0 Å². The van der Waals surface area contributed by atoms with Gasteiger partial charge in [0.05, 0.1) is 12.1 Å². The van der Waals surface area contributed by atoms with E-state index < -0.39 is 16.9 Å². The molecule has 0 spiro atoms. The normalized spacial score (nSPS) is 35.5. The monoisotopic (exact) mass is 165 g/mol. The molecule has 0 saturated heterocycles. The third-order valence-corrected chi connectivity index (χ3v) is 2.63. The zero-order valence-electron chi connectivity index (χ0n) is 6.69. The largest absolute Gasteiger partial charge is 0.396 e. The van der Waals surface area contributed by atoms with Crippen LogP contribution in [0.4, 0.5) is 8.78 Å². The van der Waals surface area contributed by atoms with E-state index >= 15 is 0 Å². The molecule has 1 rings (SSSR count). The minimum absolute atomic E-state index is 0.306. The molecule has 4 heteroatoms. The number of aliphatic hydroxyl groups is 1. The molecule has 1 fully saturated rings. The molecule has 0 bridgehead atoms. The highest BCUT2D eigenvalue weighted by Crippen LogP contribution is 2.59. The fourth-order valence-electron chi connectivity index (χ4n) is 1.18. The Bertz CT molecular complexity index is 181. The van der Waals surface area contributed by atoms with Crippen LogP contribution in [-0.2, 0) is 0 Å². The van der Waals surface area contributed by atoms with Crippen LogP contribution in [0.1, 0.15) is 20.3 Å². The van der Waals surface area contributed by atoms with Crippen molar-refractivity contribution >= 4 is 0 Å². The van der Waals surface area contributed by atoms with E-state index in [0.717, 1.165) is 0 Å². The van der Waals surface area contributed by atoms with E-state index in [0.29, 0.717) is 0 Å². The minimum atomic E-state index is -2.79. The Morgan fingerprint density at radius 3 is 2.00 bits per heavy atom. The fraction of sp³-hybridized carbons (Fsp3) is 1.00. The molecule has 1 aliphatic rings. The molecule has 1 atom stereocenters. The van der Waals surface area contributed by atoms with Crippen molar-refractivity contribution in [3.63, 3.8) is 0 Å². The average Bonchev–Trinajstić information content (AvgIpc) is 2.35. The van der Waals surface area contributed by atoms with Crippen molar-refractivity contribution < 1.29 is 13.9 Å². The van der Waals surface area contributed by atoms with E-state index in [2.05, 4.69) is 0 Å². The van der Waals surface area contributed by atoms with E-state index in [1.807, 2.05) is 0 Å². The van der Waals surface area contributed by atoms with Crippen LogP contribution in [0.3, 0.4) is 0 Å². The molecule has 2 nitrogen and oxygen atoms in total. The molecule has 1 saturated carbocycles. The van der Waals surface area contributed by atoms with Gasteiger partial charge in [-0.25, -0.2) is 8.78 Å². The second-order valence-corrected chi connectivity index (χ2v) is 3.89. The first kappa shape index (κ1) is 8.87. The zero-order chi connectivity index (χ0) is 8.91. The quantitative estimate of drug-likeness (QED) is 0.634. The van der Waals surface area contributed by atoms with Gasteiger partial charge in [-0.15, -0.1) is 0 Å². The number of alkyl halides is 2. The van der Waals surface area contributed by atoms with Gasteiger partial charge < -0.3 is 10.8 Å². The van der Waals surface area contributed by atoms with Crippen LogP contribution in [0, 0.1) is 5.41 Å². The summed E-state index contributed by atoms with van der Waals surface area (Å²) in [7, 11) is 0. The Balaban J connectivity index is 2.78. The second kappa shape index (κ2) is 1.93. The third-order valence-electron chi connectivity index (χ3n) is 2.63. The molecule has 0 aromatic heterocycles. The highest BCUT2D eigenvalue weighted by Gasteiger charge is 2.74. The van der Waals surface area contributed by atoms with E-state index in [9.17, 15) is 8.78 Å². The topological polar surface area (TPSA) is 46.2 Å². The van der Waals surface area contributed by atoms with E-state index in [4.69, 9.17) is 10.8 Å². The van der Waals surface area contributed by atoms with Gasteiger partial charge in [-0.2, -0.15) is 0 Å². The summed E-state index contributed by atoms with van der Waals surface area (Å²) in [5.74, 6) is -2.79. The summed E-state index contributed by atoms with van der Waals surface area (Å²) in [6.07, 6.45) is -0.312. The molecule has 3 N–H and O–H groups in total. The molecule has 0 aliphatic heterocycles. The van der Waals surface area contributed by atoms with Crippen molar-refractivity contribution in [1.29, 1.82) is 0 Å². The Hall–Kier alpha value is -0.220. The first-order valence-corrected chi connectivity index (χ1v) is 3.54. The summed E-state index contributed by atoms with van der Waals surface area (Å²) in [4.78, 5) is 0. The standard InChI is InChI=1S/C7H13F2NO/c1-5(2,4-11)6(10)3-7(6,8)9/h11H,3-4,10H2,1-2H3. The van der Waals surface area contributed by atoms with Gasteiger partial charge in [-0.3, -0.25) is 0 Å². The predicted molar refractivity (Wildman–Crippen MR) is 37.3 cm³/mol. The SMILES string of the molecule is CC(C)(CO)C1(N)CC1(F)F. The molecular formula is C7H13F2NO. The van der Waals surface area contributed by atoms with Crippen molar-refractivity contribution in [2.24, 2.45) is 11.1 Å². The van der Waals surface area contributed by atoms with Crippen LogP contribution in [0.15, 0.2) is 0 Å². The number of rotatable bonds is 2. The van der Waals surface area contributed by atoms with Crippen molar-refractivity contribution in [2.45, 2.75) is 31.7 Å². The number of halogens is 2. The second-order valence-electron chi connectivity index (χ2n) is 3.89. The van der Waals surface area contributed by atoms with Crippen LogP contribution >= 0.6 is 0 Å². The first-order chi connectivity index (χ1) is 4.77. The maximum absolute atomic E-state index is 12.6. The van der Waals surface area contributed by atoms with E-state index in [-0.39, 0.29) is 13.0 Å². The van der Waals surface area contributed by atoms with Crippen LogP contribution in [-0.4, -0.2) is 23.2 Å². The lowest BCUT2D eigenvalue weighted by atomic mass is 9.83. The van der Waals surface area contributed by atoms with Crippen LogP contribution in [0.2, 0.25) is 0 Å². The van der Waals surface area contributed by atoms with Crippen LogP contribution < -0.4 is 5.73 Å². The van der Waals surface area contributed by atoms with Crippen molar-refractivity contribution in [3.8, 4) is 0 Å². The maximum Gasteiger partial charge on any atom is 0.268 e. The number of aliphatic hydroxyl groups excluding tert-OH is 1. The van der Waals surface area contributed by atoms with Crippen molar-refractivity contribution in [2.75, 3.05) is 6.61 Å². The molecule has 11 heavy (non-hydrogen) atoms. The van der Waals surface area contributed by atoms with Gasteiger partial charge in [0.25, 0.3) is 5.92 Å². The highest BCUT2D eigenvalue weighted by molar-refractivity contribution is 5.22. The van der Waals surface area contributed by atoms with Gasteiger partial charge in [-0.05, 0) is 0 Å². The molecule has 0 aromatic carbocycles. The Morgan fingerprint density at radius 2 is 1.91 bits per heavy atom. The summed E-state index contributed by atoms with van der Waals surface area (Å²) in [6.45, 7) is 2.79. The molecule has 0 aromatic rings. The molecule has 1 unspecified atom stereocenters. The Kier molecular flexibility index (Phi) is 1.55. The lowest BCUT2D eigenvalue weighted by molar-refractivity contribution is 0.0252. The van der Waals surface area contributed by atoms with Gasteiger partial charge >= 0.3 is 0 Å². The van der Waals surface area contributed by atoms with Gasteiger partial charge in [0, 0.05) is 11.8 Å². The molecule has 0 heterocycles. The van der Waals surface area contributed by atoms with Gasteiger partial charge in [-0.1, -0.05) is 13.8 Å². The van der Waals surface area contributed by atoms with Crippen molar-refractivity contribution in [3.05, 3.63) is 0 Å². The van der Waals surface area contributed by atoms with E-state index in [1.54, 1.807) is 13.8 Å². The summed E-state index contributed by atoms with van der Waals surface area (Å²) in [5, 5.41) is 8.79. The highest BCUT2D eigenvalue weighted by atomic mass is 19.3. The number of hydrogen-bond donors (Lipinski definition) is 2. The summed E-state index contributed by atoms with van der Waals surface area (Å²) < 4.78 is 25.3. The maximum atomic E-state index is 12.6. The van der Waals surface area contributed by atoms with Gasteiger partial charge in [0.1, 0.15) is 0 Å². The molecule has 1 aliphatic carbocycles. The Labute approximate surface area is 64.4 Å². The molecule has 0 amide bonds.